The Hall–Kier alpha value is -2.18. The Bertz CT molecular complexity index is 628. The Balaban J connectivity index is 1.93. The summed E-state index contributed by atoms with van der Waals surface area (Å²) in [6, 6.07) is 8.99. The Kier molecular flexibility index (Phi) is 6.21. The number of carbonyl (C=O) groups is 2. The lowest BCUT2D eigenvalue weighted by Gasteiger charge is -2.36. The highest BCUT2D eigenvalue weighted by Crippen LogP contribution is 2.33. The van der Waals surface area contributed by atoms with E-state index in [1.54, 1.807) is 45.0 Å². The Morgan fingerprint density at radius 3 is 2.50 bits per heavy atom. The normalized spacial score (nSPS) is 19.7. The van der Waals surface area contributed by atoms with Crippen LogP contribution >= 0.6 is 0 Å². The SMILES string of the molecule is CC(C)(C)OC(=O)CC1CN(C(=O)OCc2ccccc2)CC(F)(F)C1. The number of amides is 1. The molecule has 0 saturated carbocycles. The van der Waals surface area contributed by atoms with Gasteiger partial charge in [0.05, 0.1) is 13.0 Å². The number of rotatable bonds is 4. The van der Waals surface area contributed by atoms with Crippen LogP contribution in [-0.2, 0) is 20.9 Å². The third kappa shape index (κ3) is 6.61. The molecule has 1 amide bonds. The summed E-state index contributed by atoms with van der Waals surface area (Å²) in [5.74, 6) is -4.27. The number of benzene rings is 1. The number of halogens is 2. The quantitative estimate of drug-likeness (QED) is 0.753. The third-order valence-corrected chi connectivity index (χ3v) is 3.83. The third-order valence-electron chi connectivity index (χ3n) is 3.83. The smallest absolute Gasteiger partial charge is 0.410 e. The van der Waals surface area contributed by atoms with Crippen LogP contribution in [-0.4, -0.2) is 41.6 Å². The molecule has 0 aliphatic carbocycles. The lowest BCUT2D eigenvalue weighted by Crippen LogP contribution is -2.50. The van der Waals surface area contributed by atoms with Crippen molar-refractivity contribution in [2.24, 2.45) is 5.92 Å². The maximum Gasteiger partial charge on any atom is 0.410 e. The number of carbonyl (C=O) groups excluding carboxylic acids is 2. The van der Waals surface area contributed by atoms with E-state index in [2.05, 4.69) is 0 Å². The Morgan fingerprint density at radius 2 is 1.88 bits per heavy atom. The van der Waals surface area contributed by atoms with Gasteiger partial charge < -0.3 is 14.4 Å². The van der Waals surface area contributed by atoms with Crippen LogP contribution in [0.3, 0.4) is 0 Å². The molecule has 0 bridgehead atoms. The van der Waals surface area contributed by atoms with Gasteiger partial charge in [-0.15, -0.1) is 0 Å². The molecule has 1 aromatic rings. The summed E-state index contributed by atoms with van der Waals surface area (Å²) >= 11 is 0. The molecule has 1 saturated heterocycles. The monoisotopic (exact) mass is 369 g/mol. The van der Waals surface area contributed by atoms with E-state index in [1.807, 2.05) is 6.07 Å². The molecule has 1 atom stereocenters. The number of ether oxygens (including phenoxy) is 2. The zero-order valence-corrected chi connectivity index (χ0v) is 15.3. The first-order valence-electron chi connectivity index (χ1n) is 8.59. The number of hydrogen-bond donors (Lipinski definition) is 0. The van der Waals surface area contributed by atoms with Crippen LogP contribution in [0.1, 0.15) is 39.2 Å². The van der Waals surface area contributed by atoms with E-state index in [4.69, 9.17) is 9.47 Å². The second kappa shape index (κ2) is 8.01. The van der Waals surface area contributed by atoms with Crippen molar-refractivity contribution in [1.82, 2.24) is 4.90 Å². The van der Waals surface area contributed by atoms with Crippen LogP contribution in [0.5, 0.6) is 0 Å². The fraction of sp³-hybridized carbons (Fsp3) is 0.579. The molecule has 0 radical (unpaired) electrons. The average molecular weight is 369 g/mol. The molecule has 0 spiro atoms. The first-order chi connectivity index (χ1) is 12.0. The van der Waals surface area contributed by atoms with Gasteiger partial charge in [0.25, 0.3) is 5.92 Å². The standard InChI is InChI=1S/C19H25F2NO4/c1-18(2,3)26-16(23)9-15-10-19(20,21)13-22(11-15)17(24)25-12-14-7-5-4-6-8-14/h4-8,15H,9-13H2,1-3H3. The molecule has 1 aromatic carbocycles. The number of nitrogens with zero attached hydrogens (tertiary/aromatic N) is 1. The number of piperidine rings is 1. The topological polar surface area (TPSA) is 55.8 Å². The predicted octanol–water partition coefficient (Wildman–Crippen LogP) is 4.01. The van der Waals surface area contributed by atoms with Crippen LogP contribution in [0.15, 0.2) is 30.3 Å². The lowest BCUT2D eigenvalue weighted by molar-refractivity contribution is -0.158. The number of hydrogen-bond acceptors (Lipinski definition) is 4. The van der Waals surface area contributed by atoms with Gasteiger partial charge >= 0.3 is 12.1 Å². The van der Waals surface area contributed by atoms with Gasteiger partial charge in [0.15, 0.2) is 0 Å². The average Bonchev–Trinajstić information content (AvgIpc) is 2.50. The van der Waals surface area contributed by atoms with Gasteiger partial charge in [-0.05, 0) is 32.3 Å². The van der Waals surface area contributed by atoms with Gasteiger partial charge in [-0.2, -0.15) is 0 Å². The van der Waals surface area contributed by atoms with Crippen LogP contribution in [0.4, 0.5) is 13.6 Å². The van der Waals surface area contributed by atoms with Crippen LogP contribution < -0.4 is 0 Å². The molecule has 2 rings (SSSR count). The van der Waals surface area contributed by atoms with E-state index in [0.29, 0.717) is 0 Å². The number of esters is 1. The molecule has 0 N–H and O–H groups in total. The van der Waals surface area contributed by atoms with E-state index >= 15 is 0 Å². The maximum atomic E-state index is 14.0. The van der Waals surface area contributed by atoms with Gasteiger partial charge in [0, 0.05) is 13.0 Å². The van der Waals surface area contributed by atoms with Gasteiger partial charge in [-0.1, -0.05) is 30.3 Å². The summed E-state index contributed by atoms with van der Waals surface area (Å²) in [5.41, 5.74) is 0.0951. The summed E-state index contributed by atoms with van der Waals surface area (Å²) in [6.07, 6.45) is -1.41. The fourth-order valence-electron chi connectivity index (χ4n) is 2.91. The molecule has 144 valence electrons. The van der Waals surface area contributed by atoms with Crippen molar-refractivity contribution in [3.63, 3.8) is 0 Å². The van der Waals surface area contributed by atoms with Gasteiger partial charge in [0.1, 0.15) is 12.2 Å². The van der Waals surface area contributed by atoms with Crippen LogP contribution in [0, 0.1) is 5.92 Å². The molecule has 7 heteroatoms. The molecule has 1 heterocycles. The second-order valence-electron chi connectivity index (χ2n) is 7.64. The first kappa shape index (κ1) is 20.1. The molecule has 1 aliphatic rings. The molecule has 0 aromatic heterocycles. The highest BCUT2D eigenvalue weighted by atomic mass is 19.3. The van der Waals surface area contributed by atoms with Gasteiger partial charge in [-0.3, -0.25) is 4.79 Å². The van der Waals surface area contributed by atoms with E-state index in [1.165, 1.54) is 0 Å². The molecular weight excluding hydrogens is 344 g/mol. The second-order valence-corrected chi connectivity index (χ2v) is 7.64. The van der Waals surface area contributed by atoms with E-state index < -0.39 is 42.5 Å². The van der Waals surface area contributed by atoms with Crippen LogP contribution in [0.2, 0.25) is 0 Å². The summed E-state index contributed by atoms with van der Waals surface area (Å²) in [6.45, 7) is 4.50. The predicted molar refractivity (Wildman–Crippen MR) is 91.7 cm³/mol. The molecule has 26 heavy (non-hydrogen) atoms. The van der Waals surface area contributed by atoms with Gasteiger partial charge in [0.2, 0.25) is 0 Å². The maximum absolute atomic E-state index is 14.0. The number of likely N-dealkylation sites (tertiary alicyclic amines) is 1. The molecular formula is C19H25F2NO4. The summed E-state index contributed by atoms with van der Waals surface area (Å²) in [7, 11) is 0. The zero-order chi connectivity index (χ0) is 19.4. The van der Waals surface area contributed by atoms with Crippen LogP contribution in [0.25, 0.3) is 0 Å². The fourth-order valence-corrected chi connectivity index (χ4v) is 2.91. The largest absolute Gasteiger partial charge is 0.460 e. The van der Waals surface area contributed by atoms with Crippen molar-refractivity contribution in [2.45, 2.75) is 51.7 Å². The minimum absolute atomic E-state index is 0.0124. The summed E-state index contributed by atoms with van der Waals surface area (Å²) < 4.78 is 38.4. The minimum atomic E-state index is -3.06. The molecule has 1 aliphatic heterocycles. The Morgan fingerprint density at radius 1 is 1.23 bits per heavy atom. The zero-order valence-electron chi connectivity index (χ0n) is 15.3. The van der Waals surface area contributed by atoms with Crippen molar-refractivity contribution in [2.75, 3.05) is 13.1 Å². The molecule has 1 unspecified atom stereocenters. The van der Waals surface area contributed by atoms with E-state index in [-0.39, 0.29) is 19.6 Å². The summed E-state index contributed by atoms with van der Waals surface area (Å²) in [5, 5.41) is 0. The van der Waals surface area contributed by atoms with Crippen molar-refractivity contribution in [3.05, 3.63) is 35.9 Å². The summed E-state index contributed by atoms with van der Waals surface area (Å²) in [4.78, 5) is 25.1. The van der Waals surface area contributed by atoms with Crippen molar-refractivity contribution < 1.29 is 27.8 Å². The van der Waals surface area contributed by atoms with Crippen molar-refractivity contribution in [3.8, 4) is 0 Å². The van der Waals surface area contributed by atoms with Crippen molar-refractivity contribution in [1.29, 1.82) is 0 Å². The highest BCUT2D eigenvalue weighted by molar-refractivity contribution is 5.71. The lowest BCUT2D eigenvalue weighted by atomic mass is 9.92. The molecule has 5 nitrogen and oxygen atoms in total. The molecule has 1 fully saturated rings. The first-order valence-corrected chi connectivity index (χ1v) is 8.59. The minimum Gasteiger partial charge on any atom is -0.460 e. The van der Waals surface area contributed by atoms with Crippen molar-refractivity contribution >= 4 is 12.1 Å². The van der Waals surface area contributed by atoms with E-state index in [9.17, 15) is 18.4 Å². The highest BCUT2D eigenvalue weighted by Gasteiger charge is 2.43. The van der Waals surface area contributed by atoms with Gasteiger partial charge in [-0.25, -0.2) is 13.6 Å². The van der Waals surface area contributed by atoms with E-state index in [0.717, 1.165) is 10.5 Å². The number of alkyl halides is 2. The Labute approximate surface area is 152 Å².